The van der Waals surface area contributed by atoms with Gasteiger partial charge in [-0.2, -0.15) is 9.97 Å². The summed E-state index contributed by atoms with van der Waals surface area (Å²) in [6.45, 7) is 7.18. The number of carbonyl (C=O) groups excluding carboxylic acids is 3. The molecule has 0 aliphatic carbocycles. The Kier molecular flexibility index (Phi) is 11.1. The molecule has 13 nitrogen and oxygen atoms in total. The van der Waals surface area contributed by atoms with Gasteiger partial charge in [-0.15, -0.1) is 6.42 Å². The van der Waals surface area contributed by atoms with Crippen molar-refractivity contribution < 1.29 is 55.6 Å². The number of terminal acetylenes is 1. The first kappa shape index (κ1) is 41.8. The summed E-state index contributed by atoms with van der Waals surface area (Å²) in [6.07, 6.45) is 5.76. The molecule has 4 aliphatic rings. The number of hydrogen-bond donors (Lipinski definition) is 0. The summed E-state index contributed by atoms with van der Waals surface area (Å²) in [7, 11) is 1.19. The van der Waals surface area contributed by atoms with Gasteiger partial charge < -0.3 is 28.6 Å². The number of amides is 1. The maximum absolute atomic E-state index is 17.6. The summed E-state index contributed by atoms with van der Waals surface area (Å²) in [5.41, 5.74) is -2.26. The van der Waals surface area contributed by atoms with Gasteiger partial charge in [0.2, 0.25) is 6.29 Å². The molecule has 2 bridgehead atoms. The second-order valence-corrected chi connectivity index (χ2v) is 16.4. The van der Waals surface area contributed by atoms with E-state index in [0.717, 1.165) is 19.4 Å². The van der Waals surface area contributed by atoms with E-state index >= 15 is 13.2 Å². The largest absolute Gasteiger partial charge is 0.493 e. The fourth-order valence-corrected chi connectivity index (χ4v) is 9.48. The Morgan fingerprint density at radius 1 is 1.00 bits per heavy atom. The molecule has 61 heavy (non-hydrogen) atoms. The molecule has 0 N–H and O–H groups in total. The topological polar surface area (TPSA) is 133 Å². The highest BCUT2D eigenvalue weighted by atomic mass is 19.1. The highest BCUT2D eigenvalue weighted by Gasteiger charge is 2.50. The molecule has 322 valence electrons. The van der Waals surface area contributed by atoms with Gasteiger partial charge >= 0.3 is 24.0 Å². The van der Waals surface area contributed by atoms with Gasteiger partial charge in [-0.3, -0.25) is 19.4 Å². The molecule has 3 unspecified atom stereocenters. The summed E-state index contributed by atoms with van der Waals surface area (Å²) in [6, 6.07) is 3.90. The fraction of sp³-hybridized carbons (Fsp3) is 0.477. The zero-order chi connectivity index (χ0) is 43.5. The summed E-state index contributed by atoms with van der Waals surface area (Å²) in [5, 5.41) is 0.0573. The van der Waals surface area contributed by atoms with Crippen LogP contribution in [-0.4, -0.2) is 108 Å². The van der Waals surface area contributed by atoms with Crippen molar-refractivity contribution in [1.29, 1.82) is 0 Å². The molecule has 4 aromatic rings. The molecule has 0 spiro atoms. The summed E-state index contributed by atoms with van der Waals surface area (Å²) in [5.74, 6) is -3.09. The van der Waals surface area contributed by atoms with E-state index in [1.807, 2.05) is 4.90 Å². The highest BCUT2D eigenvalue weighted by molar-refractivity contribution is 6.06. The lowest BCUT2D eigenvalue weighted by Gasteiger charge is -2.41. The number of anilines is 1. The van der Waals surface area contributed by atoms with Crippen LogP contribution in [0.2, 0.25) is 0 Å². The monoisotopic (exact) mass is 847 g/mol. The van der Waals surface area contributed by atoms with Crippen LogP contribution in [0, 0.1) is 35.7 Å². The van der Waals surface area contributed by atoms with E-state index in [4.69, 9.17) is 35.1 Å². The second-order valence-electron chi connectivity index (χ2n) is 16.4. The average Bonchev–Trinajstić information content (AvgIpc) is 3.83. The minimum atomic E-state index is -1.20. The van der Waals surface area contributed by atoms with Crippen molar-refractivity contribution in [3.8, 4) is 41.0 Å². The highest BCUT2D eigenvalue weighted by Crippen LogP contribution is 2.48. The molecule has 5 atom stereocenters. The first-order valence-electron chi connectivity index (χ1n) is 20.3. The van der Waals surface area contributed by atoms with Crippen molar-refractivity contribution in [2.45, 2.75) is 89.9 Å². The summed E-state index contributed by atoms with van der Waals surface area (Å²) >= 11 is 0. The number of benzene rings is 3. The van der Waals surface area contributed by atoms with Crippen LogP contribution >= 0.6 is 0 Å². The maximum atomic E-state index is 17.6. The molecule has 4 saturated heterocycles. The molecule has 17 heteroatoms. The van der Waals surface area contributed by atoms with Crippen molar-refractivity contribution in [2.75, 3.05) is 44.8 Å². The minimum absolute atomic E-state index is 0.00448. The average molecular weight is 848 g/mol. The Hall–Kier alpha value is -5.89. The number of alkyl halides is 1. The molecule has 5 heterocycles. The number of methoxy groups -OCH3 is 1. The van der Waals surface area contributed by atoms with Gasteiger partial charge in [0.15, 0.2) is 17.4 Å². The molecule has 4 aliphatic heterocycles. The Morgan fingerprint density at radius 2 is 1.74 bits per heavy atom. The number of carbonyl (C=O) groups is 3. The van der Waals surface area contributed by atoms with Gasteiger partial charge in [-0.1, -0.05) is 25.8 Å². The zero-order valence-electron chi connectivity index (χ0n) is 34.4. The van der Waals surface area contributed by atoms with Crippen molar-refractivity contribution in [3.63, 3.8) is 0 Å². The standard InChI is InChI=1S/C44H45F4N5O8/c1-7-30-32(46)12-9-25-15-29(59-23(4)54)16-31(33(25)30)34-36(47)38-35(39(57-6)37(34)48)40(50-42(49-38)58-21-44-13-8-14-52(44)18-26(45)17-44)51-19-27-10-11-28(20-51)53(27)43(56)61-24(5)60-41(55)22(2)3/h1,9,12,15-16,22,24,26-28H,8,10-11,13-14,17-21H2,2-6H3/t24?,26-,27?,28?,44+/m1/s1. The van der Waals surface area contributed by atoms with Gasteiger partial charge in [0.25, 0.3) is 0 Å². The number of ether oxygens (including phenoxy) is 5. The lowest BCUT2D eigenvalue weighted by molar-refractivity contribution is -0.170. The first-order chi connectivity index (χ1) is 29.1. The number of piperazine rings is 1. The molecule has 1 aromatic heterocycles. The zero-order valence-corrected chi connectivity index (χ0v) is 34.4. The first-order valence-corrected chi connectivity index (χ1v) is 20.3. The third-order valence-electron chi connectivity index (χ3n) is 12.1. The molecule has 4 fully saturated rings. The third kappa shape index (κ3) is 7.48. The van der Waals surface area contributed by atoms with Crippen LogP contribution in [0.5, 0.6) is 17.5 Å². The lowest BCUT2D eigenvalue weighted by Crippen LogP contribution is -2.56. The molecule has 3 aromatic carbocycles. The van der Waals surface area contributed by atoms with Crippen molar-refractivity contribution in [1.82, 2.24) is 19.8 Å². The number of aromatic nitrogens is 2. The molecular formula is C44H45F4N5O8. The Bertz CT molecular complexity index is 2480. The van der Waals surface area contributed by atoms with E-state index in [1.165, 1.54) is 32.2 Å². The second kappa shape index (κ2) is 16.2. The van der Waals surface area contributed by atoms with Crippen LogP contribution in [0.3, 0.4) is 0 Å². The van der Waals surface area contributed by atoms with Crippen LogP contribution in [0.15, 0.2) is 24.3 Å². The Morgan fingerprint density at radius 3 is 2.41 bits per heavy atom. The van der Waals surface area contributed by atoms with Crippen LogP contribution in [0.1, 0.15) is 65.4 Å². The predicted molar refractivity (Wildman–Crippen MR) is 214 cm³/mol. The minimum Gasteiger partial charge on any atom is -0.493 e. The number of rotatable bonds is 10. The van der Waals surface area contributed by atoms with E-state index in [2.05, 4.69) is 10.9 Å². The van der Waals surface area contributed by atoms with E-state index in [9.17, 15) is 18.8 Å². The number of nitrogens with zero attached hydrogens (tertiary/aromatic N) is 5. The van der Waals surface area contributed by atoms with E-state index in [1.54, 1.807) is 23.6 Å². The van der Waals surface area contributed by atoms with Gasteiger partial charge in [0, 0.05) is 50.9 Å². The Labute approximate surface area is 349 Å². The number of hydrogen-bond acceptors (Lipinski definition) is 12. The van der Waals surface area contributed by atoms with Gasteiger partial charge in [-0.05, 0) is 55.8 Å². The molecule has 0 saturated carbocycles. The molecule has 0 radical (unpaired) electrons. The van der Waals surface area contributed by atoms with E-state index < -0.39 is 88.3 Å². The van der Waals surface area contributed by atoms with Gasteiger partial charge in [-0.25, -0.2) is 22.4 Å². The summed E-state index contributed by atoms with van der Waals surface area (Å²) in [4.78, 5) is 52.4. The fourth-order valence-electron chi connectivity index (χ4n) is 9.48. The lowest BCUT2D eigenvalue weighted by atomic mass is 9.92. The van der Waals surface area contributed by atoms with Crippen LogP contribution in [0.4, 0.5) is 28.2 Å². The van der Waals surface area contributed by atoms with E-state index in [0.29, 0.717) is 25.8 Å². The summed E-state index contributed by atoms with van der Waals surface area (Å²) < 4.78 is 93.1. The van der Waals surface area contributed by atoms with Crippen LogP contribution < -0.4 is 19.1 Å². The van der Waals surface area contributed by atoms with Gasteiger partial charge in [0.05, 0.1) is 47.2 Å². The maximum Gasteiger partial charge on any atom is 0.413 e. The van der Waals surface area contributed by atoms with Crippen LogP contribution in [0.25, 0.3) is 32.8 Å². The van der Waals surface area contributed by atoms with Gasteiger partial charge in [0.1, 0.15) is 35.7 Å². The van der Waals surface area contributed by atoms with Crippen molar-refractivity contribution in [2.24, 2.45) is 5.92 Å². The quantitative estimate of drug-likeness (QED) is 0.0532. The number of halogens is 4. The van der Waals surface area contributed by atoms with Crippen molar-refractivity contribution >= 4 is 45.5 Å². The molecule has 8 rings (SSSR count). The molecular weight excluding hydrogens is 803 g/mol. The number of fused-ring (bicyclic) bond motifs is 5. The number of esters is 2. The predicted octanol–water partition coefficient (Wildman–Crippen LogP) is 7.07. The van der Waals surface area contributed by atoms with Crippen LogP contribution in [-0.2, 0) is 19.1 Å². The normalized spacial score (nSPS) is 22.7. The van der Waals surface area contributed by atoms with E-state index in [-0.39, 0.29) is 77.5 Å². The van der Waals surface area contributed by atoms with Crippen molar-refractivity contribution in [3.05, 3.63) is 47.3 Å². The molecule has 1 amide bonds. The SMILES string of the molecule is C#Cc1c(F)ccc2cc(OC(C)=O)cc(-c3c(F)c(OC)c4c(N5CC6CCC(C5)N6C(=O)OC(C)OC(=O)C(C)C)nc(OC[C@@]56CCCN5C[C@H](F)C6)nc4c3F)c12. The smallest absolute Gasteiger partial charge is 0.413 e. The third-order valence-corrected chi connectivity index (χ3v) is 12.1. The Balaban J connectivity index is 1.26.